The standard InChI is InChI=1S/C11H17F3N2O3/c1-9(2,3)16(8(18)19)10(11(12,13)14)5-4-6-15-7(10)17/h4-6H2,1-3H3,(H,15,17)(H,18,19). The van der Waals surface area contributed by atoms with E-state index in [0.717, 1.165) is 0 Å². The van der Waals surface area contributed by atoms with Gasteiger partial charge in [0.15, 0.2) is 0 Å². The highest BCUT2D eigenvalue weighted by Crippen LogP contribution is 2.44. The van der Waals surface area contributed by atoms with E-state index in [-0.39, 0.29) is 17.9 Å². The Labute approximate surface area is 108 Å². The largest absolute Gasteiger partial charge is 0.465 e. The van der Waals surface area contributed by atoms with Crippen LogP contribution in [0.25, 0.3) is 0 Å². The summed E-state index contributed by atoms with van der Waals surface area (Å²) in [5.41, 5.74) is -4.37. The minimum absolute atomic E-state index is 0.0745. The molecular formula is C11H17F3N2O3. The van der Waals surface area contributed by atoms with Crippen LogP contribution in [0.4, 0.5) is 18.0 Å². The molecule has 19 heavy (non-hydrogen) atoms. The van der Waals surface area contributed by atoms with Crippen molar-refractivity contribution in [1.82, 2.24) is 10.2 Å². The monoisotopic (exact) mass is 282 g/mol. The molecule has 1 heterocycles. The maximum Gasteiger partial charge on any atom is 0.420 e. The number of halogens is 3. The van der Waals surface area contributed by atoms with Gasteiger partial charge in [0, 0.05) is 12.1 Å². The Kier molecular flexibility index (Phi) is 3.75. The van der Waals surface area contributed by atoms with Gasteiger partial charge >= 0.3 is 12.3 Å². The highest BCUT2D eigenvalue weighted by molar-refractivity contribution is 5.91. The molecule has 1 saturated heterocycles. The summed E-state index contributed by atoms with van der Waals surface area (Å²) < 4.78 is 40.3. The molecule has 1 aliphatic heterocycles. The van der Waals surface area contributed by atoms with Crippen LogP contribution in [0.5, 0.6) is 0 Å². The van der Waals surface area contributed by atoms with Gasteiger partial charge in [-0.1, -0.05) is 0 Å². The van der Waals surface area contributed by atoms with Crippen LogP contribution in [-0.4, -0.2) is 45.8 Å². The number of hydrogen-bond donors (Lipinski definition) is 2. The van der Waals surface area contributed by atoms with Crippen molar-refractivity contribution in [3.63, 3.8) is 0 Å². The lowest BCUT2D eigenvalue weighted by molar-refractivity contribution is -0.237. The predicted molar refractivity (Wildman–Crippen MR) is 60.6 cm³/mol. The summed E-state index contributed by atoms with van der Waals surface area (Å²) in [5.74, 6) is -1.30. The highest BCUT2D eigenvalue weighted by atomic mass is 19.4. The van der Waals surface area contributed by atoms with E-state index in [1.165, 1.54) is 20.8 Å². The number of carbonyl (C=O) groups is 2. The zero-order valence-corrected chi connectivity index (χ0v) is 11.0. The number of alkyl halides is 3. The summed E-state index contributed by atoms with van der Waals surface area (Å²) in [6.07, 6.45) is -7.22. The fourth-order valence-corrected chi connectivity index (χ4v) is 2.44. The molecule has 0 saturated carbocycles. The lowest BCUT2D eigenvalue weighted by Crippen LogP contribution is -2.73. The third-order valence-electron chi connectivity index (χ3n) is 3.09. The Morgan fingerprint density at radius 3 is 2.21 bits per heavy atom. The van der Waals surface area contributed by atoms with E-state index in [2.05, 4.69) is 5.32 Å². The van der Waals surface area contributed by atoms with Crippen molar-refractivity contribution in [3.05, 3.63) is 0 Å². The number of rotatable bonds is 1. The average Bonchev–Trinajstić information content (AvgIpc) is 2.16. The van der Waals surface area contributed by atoms with E-state index in [0.29, 0.717) is 0 Å². The molecule has 8 heteroatoms. The number of hydrogen-bond acceptors (Lipinski definition) is 2. The van der Waals surface area contributed by atoms with E-state index < -0.39 is 35.7 Å². The molecule has 0 radical (unpaired) electrons. The van der Waals surface area contributed by atoms with Crippen molar-refractivity contribution in [2.24, 2.45) is 0 Å². The van der Waals surface area contributed by atoms with Gasteiger partial charge in [-0.3, -0.25) is 9.69 Å². The first-order chi connectivity index (χ1) is 8.44. The van der Waals surface area contributed by atoms with Gasteiger partial charge < -0.3 is 10.4 Å². The Morgan fingerprint density at radius 2 is 1.89 bits per heavy atom. The molecule has 1 aliphatic rings. The second-order valence-electron chi connectivity index (χ2n) is 5.51. The molecule has 2 amide bonds. The Hall–Kier alpha value is -1.47. The van der Waals surface area contributed by atoms with E-state index >= 15 is 0 Å². The van der Waals surface area contributed by atoms with Crippen LogP contribution in [0, 0.1) is 0 Å². The topological polar surface area (TPSA) is 69.6 Å². The zero-order chi connectivity index (χ0) is 15.1. The maximum atomic E-state index is 13.4. The molecular weight excluding hydrogens is 265 g/mol. The molecule has 110 valence electrons. The van der Waals surface area contributed by atoms with E-state index in [4.69, 9.17) is 5.11 Å². The summed E-state index contributed by atoms with van der Waals surface area (Å²) in [6.45, 7) is 4.11. The summed E-state index contributed by atoms with van der Waals surface area (Å²) in [6, 6.07) is 0. The molecule has 0 spiro atoms. The van der Waals surface area contributed by atoms with Gasteiger partial charge in [0.1, 0.15) is 0 Å². The number of nitrogens with zero attached hydrogens (tertiary/aromatic N) is 1. The van der Waals surface area contributed by atoms with Crippen molar-refractivity contribution in [1.29, 1.82) is 0 Å². The predicted octanol–water partition coefficient (Wildman–Crippen LogP) is 1.98. The Bertz CT molecular complexity index is 390. The summed E-state index contributed by atoms with van der Waals surface area (Å²) in [7, 11) is 0. The second-order valence-corrected chi connectivity index (χ2v) is 5.51. The van der Waals surface area contributed by atoms with E-state index in [1.807, 2.05) is 0 Å². The zero-order valence-electron chi connectivity index (χ0n) is 11.0. The Balaban J connectivity index is 3.46. The SMILES string of the molecule is CC(C)(C)N(C(=O)O)C1(C(F)(F)F)CCCNC1=O. The van der Waals surface area contributed by atoms with Gasteiger partial charge in [0.05, 0.1) is 0 Å². The molecule has 0 aromatic heterocycles. The van der Waals surface area contributed by atoms with Crippen LogP contribution in [0.1, 0.15) is 33.6 Å². The third-order valence-corrected chi connectivity index (χ3v) is 3.09. The minimum atomic E-state index is -4.97. The summed E-state index contributed by atoms with van der Waals surface area (Å²) in [5, 5.41) is 11.3. The van der Waals surface area contributed by atoms with Crippen molar-refractivity contribution in [3.8, 4) is 0 Å². The quantitative estimate of drug-likeness (QED) is 0.772. The van der Waals surface area contributed by atoms with Crippen LogP contribution in [0.15, 0.2) is 0 Å². The maximum absolute atomic E-state index is 13.4. The van der Waals surface area contributed by atoms with Crippen molar-refractivity contribution in [2.45, 2.75) is 50.9 Å². The van der Waals surface area contributed by atoms with Crippen LogP contribution in [0.2, 0.25) is 0 Å². The van der Waals surface area contributed by atoms with Gasteiger partial charge in [0.2, 0.25) is 5.54 Å². The van der Waals surface area contributed by atoms with E-state index in [1.54, 1.807) is 0 Å². The molecule has 1 unspecified atom stereocenters. The number of amides is 2. The molecule has 1 rings (SSSR count). The number of carbonyl (C=O) groups excluding carboxylic acids is 1. The summed E-state index contributed by atoms with van der Waals surface area (Å²) in [4.78, 5) is 23.3. The fraction of sp³-hybridized carbons (Fsp3) is 0.818. The number of piperidine rings is 1. The molecule has 1 fully saturated rings. The first-order valence-electron chi connectivity index (χ1n) is 5.83. The lowest BCUT2D eigenvalue weighted by atomic mass is 9.83. The van der Waals surface area contributed by atoms with E-state index in [9.17, 15) is 22.8 Å². The van der Waals surface area contributed by atoms with Crippen LogP contribution >= 0.6 is 0 Å². The molecule has 0 bridgehead atoms. The highest BCUT2D eigenvalue weighted by Gasteiger charge is 2.67. The van der Waals surface area contributed by atoms with Gasteiger partial charge in [0.25, 0.3) is 5.91 Å². The molecule has 1 atom stereocenters. The normalized spacial score (nSPS) is 24.8. The third kappa shape index (κ3) is 2.48. The van der Waals surface area contributed by atoms with Gasteiger partial charge in [-0.15, -0.1) is 0 Å². The number of carboxylic acid groups (broad SMARTS) is 1. The summed E-state index contributed by atoms with van der Waals surface area (Å²) >= 11 is 0. The average molecular weight is 282 g/mol. The van der Waals surface area contributed by atoms with Gasteiger partial charge in [-0.25, -0.2) is 4.79 Å². The van der Waals surface area contributed by atoms with Gasteiger partial charge in [-0.05, 0) is 33.6 Å². The first-order valence-corrected chi connectivity index (χ1v) is 5.83. The molecule has 2 N–H and O–H groups in total. The number of nitrogens with one attached hydrogen (secondary N) is 1. The lowest BCUT2D eigenvalue weighted by Gasteiger charge is -2.49. The van der Waals surface area contributed by atoms with Crippen LogP contribution < -0.4 is 5.32 Å². The Morgan fingerprint density at radius 1 is 1.37 bits per heavy atom. The minimum Gasteiger partial charge on any atom is -0.465 e. The first kappa shape index (κ1) is 15.6. The van der Waals surface area contributed by atoms with Crippen molar-refractivity contribution < 1.29 is 27.9 Å². The van der Waals surface area contributed by atoms with Crippen molar-refractivity contribution in [2.75, 3.05) is 6.54 Å². The molecule has 5 nitrogen and oxygen atoms in total. The van der Waals surface area contributed by atoms with Crippen molar-refractivity contribution >= 4 is 12.0 Å². The smallest absolute Gasteiger partial charge is 0.420 e. The molecule has 0 aromatic rings. The second kappa shape index (κ2) is 4.57. The van der Waals surface area contributed by atoms with Gasteiger partial charge in [-0.2, -0.15) is 13.2 Å². The van der Waals surface area contributed by atoms with Crippen LogP contribution in [-0.2, 0) is 4.79 Å². The molecule has 0 aliphatic carbocycles. The molecule has 0 aromatic carbocycles. The van der Waals surface area contributed by atoms with Crippen LogP contribution in [0.3, 0.4) is 0 Å². The fourth-order valence-electron chi connectivity index (χ4n) is 2.44.